The first-order valence-electron chi connectivity index (χ1n) is 9.91. The number of nitrogens with zero attached hydrogens (tertiary/aromatic N) is 3. The minimum atomic E-state index is 0.418. The first-order chi connectivity index (χ1) is 12.0. The predicted octanol–water partition coefficient (Wildman–Crippen LogP) is 3.76. The second kappa shape index (κ2) is 8.91. The zero-order valence-electron chi connectivity index (χ0n) is 17.3. The van der Waals surface area contributed by atoms with Crippen molar-refractivity contribution in [3.63, 3.8) is 0 Å². The van der Waals surface area contributed by atoms with E-state index in [1.165, 1.54) is 29.8 Å². The molecule has 1 aromatic carbocycles. The smallest absolute Gasteiger partial charge is 0.0819 e. The van der Waals surface area contributed by atoms with Gasteiger partial charge in [-0.1, -0.05) is 26.8 Å². The molecule has 1 aliphatic rings. The maximum atomic E-state index is 3.56. The molecule has 0 aliphatic carbocycles. The summed E-state index contributed by atoms with van der Waals surface area (Å²) in [5, 5.41) is 3.56. The second-order valence-corrected chi connectivity index (χ2v) is 7.64. The zero-order chi connectivity index (χ0) is 18.6. The molecule has 3 unspecified atom stereocenters. The molecule has 1 heterocycles. The van der Waals surface area contributed by atoms with Crippen molar-refractivity contribution in [2.24, 2.45) is 5.92 Å². The maximum Gasteiger partial charge on any atom is 0.0819 e. The molecule has 1 fully saturated rings. The van der Waals surface area contributed by atoms with Gasteiger partial charge in [-0.25, -0.2) is 0 Å². The van der Waals surface area contributed by atoms with Crippen LogP contribution in [0.15, 0.2) is 18.2 Å². The minimum absolute atomic E-state index is 0.418. The average molecular weight is 347 g/mol. The Balaban J connectivity index is 2.44. The number of benzene rings is 1. The first-order valence-corrected chi connectivity index (χ1v) is 9.91. The van der Waals surface area contributed by atoms with Gasteiger partial charge in [0, 0.05) is 25.0 Å². The molecular formula is C21H38N4. The van der Waals surface area contributed by atoms with Gasteiger partial charge in [0.05, 0.1) is 12.3 Å². The lowest BCUT2D eigenvalue weighted by Crippen LogP contribution is -2.52. The van der Waals surface area contributed by atoms with Crippen LogP contribution in [-0.2, 0) is 6.42 Å². The van der Waals surface area contributed by atoms with Gasteiger partial charge in [-0.05, 0) is 70.4 Å². The molecule has 0 saturated carbocycles. The van der Waals surface area contributed by atoms with E-state index in [0.717, 1.165) is 19.4 Å². The summed E-state index contributed by atoms with van der Waals surface area (Å²) in [5.41, 5.74) is 4.25. The lowest BCUT2D eigenvalue weighted by molar-refractivity contribution is 0.283. The Morgan fingerprint density at radius 1 is 1.24 bits per heavy atom. The van der Waals surface area contributed by atoms with Crippen molar-refractivity contribution in [1.29, 1.82) is 0 Å². The quantitative estimate of drug-likeness (QED) is 0.759. The van der Waals surface area contributed by atoms with Crippen LogP contribution in [0.25, 0.3) is 0 Å². The summed E-state index contributed by atoms with van der Waals surface area (Å²) in [6.07, 6.45) is 5.59. The van der Waals surface area contributed by atoms with Crippen molar-refractivity contribution < 1.29 is 0 Å². The fraction of sp³-hybridized carbons (Fsp3) is 0.714. The molecule has 0 radical (unpaired) electrons. The molecule has 4 nitrogen and oxygen atoms in total. The summed E-state index contributed by atoms with van der Waals surface area (Å²) in [7, 11) is 8.67. The van der Waals surface area contributed by atoms with Crippen molar-refractivity contribution in [2.75, 3.05) is 44.5 Å². The lowest BCUT2D eigenvalue weighted by atomic mass is 9.94. The second-order valence-electron chi connectivity index (χ2n) is 7.64. The minimum Gasteiger partial charge on any atom is -0.359 e. The molecule has 0 spiro atoms. The molecular weight excluding hydrogens is 308 g/mol. The van der Waals surface area contributed by atoms with E-state index in [2.05, 4.69) is 87.2 Å². The van der Waals surface area contributed by atoms with E-state index < -0.39 is 0 Å². The molecule has 2 rings (SSSR count). The summed E-state index contributed by atoms with van der Waals surface area (Å²) < 4.78 is 0. The highest BCUT2D eigenvalue weighted by molar-refractivity contribution is 5.68. The molecule has 25 heavy (non-hydrogen) atoms. The van der Waals surface area contributed by atoms with Crippen molar-refractivity contribution in [3.8, 4) is 0 Å². The Kier molecular flexibility index (Phi) is 7.14. The van der Waals surface area contributed by atoms with Gasteiger partial charge in [0.2, 0.25) is 0 Å². The van der Waals surface area contributed by atoms with Gasteiger partial charge in [0.25, 0.3) is 0 Å². The monoisotopic (exact) mass is 346 g/mol. The molecule has 1 N–H and O–H groups in total. The van der Waals surface area contributed by atoms with Crippen molar-refractivity contribution in [3.05, 3.63) is 23.8 Å². The Bertz CT molecular complexity index is 543. The Morgan fingerprint density at radius 3 is 2.52 bits per heavy atom. The van der Waals surface area contributed by atoms with E-state index in [-0.39, 0.29) is 0 Å². The highest BCUT2D eigenvalue weighted by atomic mass is 15.3. The van der Waals surface area contributed by atoms with E-state index in [4.69, 9.17) is 0 Å². The third-order valence-electron chi connectivity index (χ3n) is 5.81. The molecule has 142 valence electrons. The molecule has 1 aliphatic heterocycles. The SMILES string of the molecule is CCc1c(N(C)C(CC)N(C)C)cccc1N1CCCC(C)C1NC. The van der Waals surface area contributed by atoms with Crippen LogP contribution in [0, 0.1) is 5.92 Å². The Labute approximate surface area is 155 Å². The highest BCUT2D eigenvalue weighted by Gasteiger charge is 2.29. The van der Waals surface area contributed by atoms with E-state index >= 15 is 0 Å². The fourth-order valence-corrected chi connectivity index (χ4v) is 4.57. The van der Waals surface area contributed by atoms with Crippen LogP contribution in [0.3, 0.4) is 0 Å². The fourth-order valence-electron chi connectivity index (χ4n) is 4.57. The number of anilines is 2. The largest absolute Gasteiger partial charge is 0.359 e. The van der Waals surface area contributed by atoms with Gasteiger partial charge >= 0.3 is 0 Å². The predicted molar refractivity (Wildman–Crippen MR) is 111 cm³/mol. The first kappa shape index (κ1) is 20.1. The molecule has 1 aromatic rings. The highest BCUT2D eigenvalue weighted by Crippen LogP contribution is 2.35. The Morgan fingerprint density at radius 2 is 1.96 bits per heavy atom. The summed E-state index contributed by atoms with van der Waals surface area (Å²) in [5.74, 6) is 0.676. The van der Waals surface area contributed by atoms with Gasteiger partial charge in [-0.2, -0.15) is 0 Å². The molecule has 0 amide bonds. The van der Waals surface area contributed by atoms with Crippen molar-refractivity contribution in [2.45, 2.75) is 58.8 Å². The summed E-state index contributed by atoms with van der Waals surface area (Å²) in [6.45, 7) is 8.06. The zero-order valence-corrected chi connectivity index (χ0v) is 17.3. The average Bonchev–Trinajstić information content (AvgIpc) is 2.60. The lowest BCUT2D eigenvalue weighted by Gasteiger charge is -2.43. The molecule has 1 saturated heterocycles. The number of piperidine rings is 1. The van der Waals surface area contributed by atoms with Crippen molar-refractivity contribution in [1.82, 2.24) is 10.2 Å². The van der Waals surface area contributed by atoms with Gasteiger partial charge in [-0.3, -0.25) is 4.90 Å². The van der Waals surface area contributed by atoms with Crippen LogP contribution in [0.2, 0.25) is 0 Å². The van der Waals surface area contributed by atoms with Gasteiger partial charge in [-0.15, -0.1) is 0 Å². The summed E-state index contributed by atoms with van der Waals surface area (Å²) >= 11 is 0. The van der Waals surface area contributed by atoms with Gasteiger partial charge in [0.15, 0.2) is 0 Å². The van der Waals surface area contributed by atoms with Crippen LogP contribution in [0.5, 0.6) is 0 Å². The number of rotatable bonds is 7. The Hall–Kier alpha value is -1.26. The number of hydrogen-bond acceptors (Lipinski definition) is 4. The standard InChI is InChI=1S/C21H38N4/c1-8-17-18(24(7)20(9-2)23(5)6)13-10-14-19(17)25-15-11-12-16(3)21(25)22-4/h10,13-14,16,20-22H,8-9,11-12,15H2,1-7H3. The van der Waals surface area contributed by atoms with Crippen LogP contribution < -0.4 is 15.1 Å². The summed E-state index contributed by atoms with van der Waals surface area (Å²) in [4.78, 5) is 7.36. The normalized spacial score (nSPS) is 22.3. The summed E-state index contributed by atoms with van der Waals surface area (Å²) in [6, 6.07) is 6.83. The van der Waals surface area contributed by atoms with Crippen LogP contribution in [0.1, 0.15) is 45.6 Å². The van der Waals surface area contributed by atoms with E-state index in [1.54, 1.807) is 0 Å². The van der Waals surface area contributed by atoms with Crippen LogP contribution in [-0.4, -0.2) is 52.0 Å². The van der Waals surface area contributed by atoms with Crippen LogP contribution in [0.4, 0.5) is 11.4 Å². The molecule has 3 atom stereocenters. The van der Waals surface area contributed by atoms with E-state index in [1.807, 2.05) is 0 Å². The molecule has 0 aromatic heterocycles. The van der Waals surface area contributed by atoms with E-state index in [9.17, 15) is 0 Å². The number of nitrogens with one attached hydrogen (secondary N) is 1. The van der Waals surface area contributed by atoms with Crippen LogP contribution >= 0.6 is 0 Å². The topological polar surface area (TPSA) is 21.8 Å². The van der Waals surface area contributed by atoms with Crippen molar-refractivity contribution >= 4 is 11.4 Å². The van der Waals surface area contributed by atoms with Gasteiger partial charge in [0.1, 0.15) is 0 Å². The van der Waals surface area contributed by atoms with Gasteiger partial charge < -0.3 is 15.1 Å². The number of hydrogen-bond donors (Lipinski definition) is 1. The maximum absolute atomic E-state index is 3.56. The third kappa shape index (κ3) is 4.12. The molecule has 4 heteroatoms. The van der Waals surface area contributed by atoms with E-state index in [0.29, 0.717) is 18.2 Å². The molecule has 0 bridgehead atoms. The third-order valence-corrected chi connectivity index (χ3v) is 5.81.